The predicted octanol–water partition coefficient (Wildman–Crippen LogP) is 5.30. The van der Waals surface area contributed by atoms with Crippen molar-refractivity contribution in [2.24, 2.45) is 28.3 Å². The first-order valence-electron chi connectivity index (χ1n) is 32.0. The number of esters is 1. The molecule has 7 atom stereocenters. The monoisotopic (exact) mass is 1240 g/mol. The minimum absolute atomic E-state index is 0.00493. The Morgan fingerprint density at radius 1 is 0.640 bits per heavy atom. The maximum absolute atomic E-state index is 14.6. The van der Waals surface area contributed by atoms with Crippen LogP contribution >= 0.6 is 0 Å². The molecular formula is C65H100N12O12. The van der Waals surface area contributed by atoms with Crippen LogP contribution in [-0.4, -0.2) is 146 Å². The standard InChI is InChI=1S/C65H100N12O12/c1-6-7-8-9-10-11-12-13-14-15-16-17-18-22-37-89-55(80)34-33-54(79)71-49(27-23-35-69-65(66)67)58(81)75-56(43(2)3)61(84)72-50(38-46-29-31-48(78)32-30-46)59(82)76-57(44(4)5)62(85)73-51(40-47-41-68-42-70-47)63(86)77-36-24-28-53(77)60(83)74-52(64(87)88)39-45-25-20-19-21-26-45/h19-21,25-26,29-32,41-44,49-53,56-57,78H,6-18,22-24,27-28,33-40H2,1-5H3,(H,68,70)(H,71,79)(H,72,84)(H,73,85)(H,74,83)(H,75,81)(H,76,82)(H,87,88)(H4,66,67,69)/t49-,50-,51-,52-,53-,56-,57-/m0/s1. The molecule has 2 aromatic carbocycles. The number of hydrogen-bond acceptors (Lipinski definition) is 13. The lowest BCUT2D eigenvalue weighted by Crippen LogP contribution is -2.61. The SMILES string of the molecule is CCCCCCCCCCCCCCCCOC(=O)CCC(=O)N[C@@H](CCCN=C(N)N)C(=O)N[C@H](C(=O)N[C@@H](Cc1ccc(O)cc1)C(=O)N[C@H](C(=O)N[C@@H](Cc1cnc[nH]1)C(=O)N1CCC[C@H]1C(=O)N[C@@H](Cc1ccccc1)C(=O)O)C(C)C)C(C)C. The first-order valence-corrected chi connectivity index (χ1v) is 32.0. The zero-order valence-corrected chi connectivity index (χ0v) is 52.9. The Morgan fingerprint density at radius 3 is 1.74 bits per heavy atom. The molecule has 13 N–H and O–H groups in total. The minimum Gasteiger partial charge on any atom is -0.508 e. The van der Waals surface area contributed by atoms with Crippen molar-refractivity contribution in [3.05, 3.63) is 83.9 Å². The Labute approximate surface area is 524 Å². The summed E-state index contributed by atoms with van der Waals surface area (Å²) in [5.41, 5.74) is 12.7. The highest BCUT2D eigenvalue weighted by Crippen LogP contribution is 2.22. The van der Waals surface area contributed by atoms with Gasteiger partial charge in [-0.3, -0.25) is 43.3 Å². The van der Waals surface area contributed by atoms with Gasteiger partial charge in [0.1, 0.15) is 48.0 Å². The van der Waals surface area contributed by atoms with Gasteiger partial charge in [0, 0.05) is 50.7 Å². The number of aromatic hydroxyl groups is 1. The van der Waals surface area contributed by atoms with Crippen LogP contribution in [-0.2, 0) is 67.2 Å². The summed E-state index contributed by atoms with van der Waals surface area (Å²) < 4.78 is 5.41. The zero-order valence-electron chi connectivity index (χ0n) is 52.9. The number of likely N-dealkylation sites (tertiary alicyclic amines) is 1. The molecule has 24 nitrogen and oxygen atoms in total. The number of carbonyl (C=O) groups excluding carboxylic acids is 8. The van der Waals surface area contributed by atoms with E-state index in [-0.39, 0.29) is 82.8 Å². The van der Waals surface area contributed by atoms with Gasteiger partial charge >= 0.3 is 11.9 Å². The maximum Gasteiger partial charge on any atom is 0.326 e. The van der Waals surface area contributed by atoms with Crippen molar-refractivity contribution in [3.8, 4) is 5.75 Å². The molecule has 89 heavy (non-hydrogen) atoms. The summed E-state index contributed by atoms with van der Waals surface area (Å²) in [5.74, 6) is -8.22. The Kier molecular flexibility index (Phi) is 33.4. The van der Waals surface area contributed by atoms with Gasteiger partial charge in [-0.15, -0.1) is 0 Å². The number of H-pyrrole nitrogens is 1. The molecule has 24 heteroatoms. The topological polar surface area (TPSA) is 372 Å². The molecule has 1 aliphatic rings. The van der Waals surface area contributed by atoms with Crippen molar-refractivity contribution in [3.63, 3.8) is 0 Å². The van der Waals surface area contributed by atoms with E-state index in [1.54, 1.807) is 70.2 Å². The van der Waals surface area contributed by atoms with Crippen LogP contribution in [0.15, 0.2) is 72.1 Å². The minimum atomic E-state index is -1.40. The van der Waals surface area contributed by atoms with E-state index in [1.807, 2.05) is 0 Å². The Morgan fingerprint density at radius 2 is 1.19 bits per heavy atom. The number of rotatable bonds is 43. The van der Waals surface area contributed by atoms with Crippen LogP contribution in [0, 0.1) is 11.8 Å². The fourth-order valence-electron chi connectivity index (χ4n) is 10.6. The number of aromatic nitrogens is 2. The van der Waals surface area contributed by atoms with Gasteiger partial charge in [0.25, 0.3) is 0 Å². The lowest BCUT2D eigenvalue weighted by atomic mass is 9.98. The quantitative estimate of drug-likeness (QED) is 0.0148. The number of amides is 7. The molecule has 0 spiro atoms. The molecule has 0 saturated carbocycles. The van der Waals surface area contributed by atoms with E-state index in [0.717, 1.165) is 25.7 Å². The molecule has 492 valence electrons. The van der Waals surface area contributed by atoms with Crippen LogP contribution in [0.25, 0.3) is 0 Å². The number of phenols is 1. The number of imidazole rings is 1. The molecule has 7 amide bonds. The zero-order chi connectivity index (χ0) is 65.1. The van der Waals surface area contributed by atoms with E-state index in [1.165, 1.54) is 93.8 Å². The smallest absolute Gasteiger partial charge is 0.326 e. The molecule has 2 heterocycles. The van der Waals surface area contributed by atoms with E-state index < -0.39 is 107 Å². The number of benzene rings is 2. The van der Waals surface area contributed by atoms with Crippen molar-refractivity contribution in [1.82, 2.24) is 46.8 Å². The largest absolute Gasteiger partial charge is 0.508 e. The number of aromatic amines is 1. The van der Waals surface area contributed by atoms with Gasteiger partial charge in [0.05, 0.1) is 19.4 Å². The van der Waals surface area contributed by atoms with E-state index >= 15 is 0 Å². The summed E-state index contributed by atoms with van der Waals surface area (Å²) in [6.45, 7) is 9.42. The summed E-state index contributed by atoms with van der Waals surface area (Å²) in [7, 11) is 0. The molecule has 0 bridgehead atoms. The molecule has 4 rings (SSSR count). The van der Waals surface area contributed by atoms with E-state index in [2.05, 4.69) is 53.8 Å². The van der Waals surface area contributed by atoms with Crippen LogP contribution in [0.2, 0.25) is 0 Å². The van der Waals surface area contributed by atoms with E-state index in [9.17, 15) is 53.4 Å². The normalized spacial score (nSPS) is 15.0. The van der Waals surface area contributed by atoms with Crippen molar-refractivity contribution < 1.29 is 58.1 Å². The van der Waals surface area contributed by atoms with Gasteiger partial charge in [-0.25, -0.2) is 9.78 Å². The van der Waals surface area contributed by atoms with Gasteiger partial charge < -0.3 is 68.2 Å². The van der Waals surface area contributed by atoms with E-state index in [4.69, 9.17) is 16.2 Å². The number of nitrogens with zero attached hydrogens (tertiary/aromatic N) is 3. The number of ether oxygens (including phenoxy) is 1. The number of guanidine groups is 1. The molecular weight excluding hydrogens is 1140 g/mol. The Bertz CT molecular complexity index is 2690. The number of hydrogen-bond donors (Lipinski definition) is 11. The number of carboxylic acid groups (broad SMARTS) is 1. The summed E-state index contributed by atoms with van der Waals surface area (Å²) in [6.07, 6.45) is 19.8. The first kappa shape index (κ1) is 73.4. The summed E-state index contributed by atoms with van der Waals surface area (Å²) in [6, 6.07) is 5.86. The van der Waals surface area contributed by atoms with Crippen LogP contribution in [0.4, 0.5) is 0 Å². The summed E-state index contributed by atoms with van der Waals surface area (Å²) >= 11 is 0. The van der Waals surface area contributed by atoms with Crippen LogP contribution in [0.5, 0.6) is 5.75 Å². The highest BCUT2D eigenvalue weighted by molar-refractivity contribution is 5.98. The number of carboxylic acids is 1. The van der Waals surface area contributed by atoms with Crippen molar-refractivity contribution >= 4 is 59.2 Å². The number of unbranched alkanes of at least 4 members (excludes halogenated alkanes) is 13. The third-order valence-corrected chi connectivity index (χ3v) is 15.7. The van der Waals surface area contributed by atoms with Crippen LogP contribution < -0.4 is 43.4 Å². The molecule has 1 fully saturated rings. The molecule has 1 aromatic heterocycles. The summed E-state index contributed by atoms with van der Waals surface area (Å²) in [5, 5.41) is 36.5. The highest BCUT2D eigenvalue weighted by atomic mass is 16.5. The fourth-order valence-corrected chi connectivity index (χ4v) is 10.6. The number of phenolic OH excluding ortho intramolecular Hbond substituents is 1. The molecule has 1 aliphatic heterocycles. The average Bonchev–Trinajstić information content (AvgIpc) is 2.55. The van der Waals surface area contributed by atoms with Gasteiger partial charge in [0.15, 0.2) is 5.96 Å². The van der Waals surface area contributed by atoms with Gasteiger partial charge in [0.2, 0.25) is 41.4 Å². The predicted molar refractivity (Wildman–Crippen MR) is 338 cm³/mol. The highest BCUT2D eigenvalue weighted by Gasteiger charge is 2.41. The van der Waals surface area contributed by atoms with Crippen molar-refractivity contribution in [1.29, 1.82) is 0 Å². The number of nitrogens with one attached hydrogen (secondary N) is 7. The van der Waals surface area contributed by atoms with Gasteiger partial charge in [-0.2, -0.15) is 0 Å². The second kappa shape index (κ2) is 40.5. The summed E-state index contributed by atoms with van der Waals surface area (Å²) in [4.78, 5) is 137. The Hall–Kier alpha value is -8.05. The number of nitrogens with two attached hydrogens (primary N) is 2. The first-order chi connectivity index (χ1) is 42.7. The van der Waals surface area contributed by atoms with Crippen LogP contribution in [0.3, 0.4) is 0 Å². The number of carbonyl (C=O) groups is 9. The molecule has 0 aliphatic carbocycles. The second-order valence-corrected chi connectivity index (χ2v) is 23.9. The van der Waals surface area contributed by atoms with Crippen molar-refractivity contribution in [2.45, 2.75) is 225 Å². The number of aliphatic imine (C=N–C) groups is 1. The van der Waals surface area contributed by atoms with Gasteiger partial charge in [-0.05, 0) is 67.2 Å². The molecule has 0 radical (unpaired) electrons. The molecule has 3 aromatic rings. The van der Waals surface area contributed by atoms with Gasteiger partial charge in [-0.1, -0.05) is 161 Å². The third kappa shape index (κ3) is 27.9. The Balaban J connectivity index is 1.42. The molecule has 1 saturated heterocycles. The lowest BCUT2D eigenvalue weighted by molar-refractivity contribution is -0.145. The van der Waals surface area contributed by atoms with E-state index in [0.29, 0.717) is 23.2 Å². The third-order valence-electron chi connectivity index (χ3n) is 15.7. The lowest BCUT2D eigenvalue weighted by Gasteiger charge is -2.31. The van der Waals surface area contributed by atoms with Crippen molar-refractivity contribution in [2.75, 3.05) is 19.7 Å². The second-order valence-electron chi connectivity index (χ2n) is 23.9. The maximum atomic E-state index is 14.6. The molecule has 0 unspecified atom stereocenters. The number of aliphatic carboxylic acids is 1. The van der Waals surface area contributed by atoms with Crippen LogP contribution in [0.1, 0.15) is 180 Å². The average molecular weight is 1240 g/mol. The fraction of sp³-hybridized carbons (Fsp3) is 0.615.